The summed E-state index contributed by atoms with van der Waals surface area (Å²) in [7, 11) is 0. The molecule has 1 saturated heterocycles. The number of carbonyl (C=O) groups is 1. The summed E-state index contributed by atoms with van der Waals surface area (Å²) >= 11 is 0. The lowest BCUT2D eigenvalue weighted by Gasteiger charge is -2.19. The van der Waals surface area contributed by atoms with Crippen molar-refractivity contribution < 1.29 is 18.8 Å². The Balaban J connectivity index is 2.37. The largest absolute Gasteiger partial charge is 0.396 e. The van der Waals surface area contributed by atoms with Gasteiger partial charge in [0.1, 0.15) is 5.56 Å². The van der Waals surface area contributed by atoms with E-state index in [9.17, 15) is 19.3 Å². The molecule has 1 heterocycles. The van der Waals surface area contributed by atoms with Gasteiger partial charge >= 0.3 is 0 Å². The molecule has 7 nitrogen and oxygen atoms in total. The quantitative estimate of drug-likeness (QED) is 0.499. The van der Waals surface area contributed by atoms with Gasteiger partial charge in [0.15, 0.2) is 5.82 Å². The maximum Gasteiger partial charge on any atom is 0.285 e. The molecule has 108 valence electrons. The van der Waals surface area contributed by atoms with E-state index in [0.717, 1.165) is 6.07 Å². The van der Waals surface area contributed by atoms with Gasteiger partial charge in [0, 0.05) is 19.7 Å². The molecule has 0 aliphatic carbocycles. The molecular weight excluding hydrogens is 269 g/mol. The van der Waals surface area contributed by atoms with E-state index in [1.807, 2.05) is 0 Å². The van der Waals surface area contributed by atoms with Gasteiger partial charge in [0.2, 0.25) is 0 Å². The number of rotatable bonds is 2. The van der Waals surface area contributed by atoms with Crippen molar-refractivity contribution in [1.82, 2.24) is 4.90 Å². The fraction of sp³-hybridized carbons (Fsp3) is 0.417. The minimum absolute atomic E-state index is 0.198. The predicted molar refractivity (Wildman–Crippen MR) is 68.8 cm³/mol. The van der Waals surface area contributed by atoms with Crippen LogP contribution in [-0.4, -0.2) is 42.0 Å². The zero-order chi connectivity index (χ0) is 14.7. The standard InChI is InChI=1S/C12H14FN3O4/c13-9-7-11(16(18)19)8(6-10(9)14)12(17)15-2-1-4-20-5-3-15/h6-7H,1-5,14H2. The lowest BCUT2D eigenvalue weighted by molar-refractivity contribution is -0.385. The molecule has 0 unspecified atom stereocenters. The summed E-state index contributed by atoms with van der Waals surface area (Å²) in [6.07, 6.45) is 0.649. The fourth-order valence-corrected chi connectivity index (χ4v) is 2.02. The Morgan fingerprint density at radius 3 is 2.85 bits per heavy atom. The highest BCUT2D eigenvalue weighted by molar-refractivity contribution is 5.99. The number of nitro groups is 1. The third kappa shape index (κ3) is 2.85. The Morgan fingerprint density at radius 1 is 1.40 bits per heavy atom. The second kappa shape index (κ2) is 5.83. The number of amides is 1. The summed E-state index contributed by atoms with van der Waals surface area (Å²) in [6, 6.07) is 1.69. The Bertz CT molecular complexity index is 542. The van der Waals surface area contributed by atoms with Crippen LogP contribution in [0.2, 0.25) is 0 Å². The third-order valence-corrected chi connectivity index (χ3v) is 3.05. The average Bonchev–Trinajstić information content (AvgIpc) is 2.69. The summed E-state index contributed by atoms with van der Waals surface area (Å²) in [5.74, 6) is -1.44. The Hall–Kier alpha value is -2.22. The van der Waals surface area contributed by atoms with E-state index in [-0.39, 0.29) is 11.3 Å². The predicted octanol–water partition coefficient (Wildman–Crippen LogP) is 1.18. The van der Waals surface area contributed by atoms with Crippen molar-refractivity contribution in [3.05, 3.63) is 33.6 Å². The zero-order valence-corrected chi connectivity index (χ0v) is 10.7. The Morgan fingerprint density at radius 2 is 2.15 bits per heavy atom. The van der Waals surface area contributed by atoms with E-state index in [1.54, 1.807) is 0 Å². The molecule has 0 radical (unpaired) electrons. The number of nitrogens with zero attached hydrogens (tertiary/aromatic N) is 2. The first-order valence-electron chi connectivity index (χ1n) is 6.11. The number of ether oxygens (including phenoxy) is 1. The van der Waals surface area contributed by atoms with Gasteiger partial charge in [-0.1, -0.05) is 0 Å². The number of nitrogen functional groups attached to an aromatic ring is 1. The first-order chi connectivity index (χ1) is 9.50. The topological polar surface area (TPSA) is 98.7 Å². The van der Waals surface area contributed by atoms with E-state index in [2.05, 4.69) is 0 Å². The van der Waals surface area contributed by atoms with Crippen LogP contribution in [0, 0.1) is 15.9 Å². The fourth-order valence-electron chi connectivity index (χ4n) is 2.02. The van der Waals surface area contributed by atoms with Crippen molar-refractivity contribution in [1.29, 1.82) is 0 Å². The van der Waals surface area contributed by atoms with Crippen molar-refractivity contribution in [2.45, 2.75) is 6.42 Å². The van der Waals surface area contributed by atoms with Crippen LogP contribution in [0.3, 0.4) is 0 Å². The molecule has 1 aliphatic heterocycles. The van der Waals surface area contributed by atoms with E-state index < -0.39 is 22.3 Å². The molecule has 0 bridgehead atoms. The summed E-state index contributed by atoms with van der Waals surface area (Å²) in [6.45, 7) is 1.69. The SMILES string of the molecule is Nc1cc(C(=O)N2CCCOCC2)c([N+](=O)[O-])cc1F. The molecule has 0 atom stereocenters. The number of benzene rings is 1. The highest BCUT2D eigenvalue weighted by atomic mass is 19.1. The summed E-state index contributed by atoms with van der Waals surface area (Å²) in [5.41, 5.74) is 4.33. The van der Waals surface area contributed by atoms with E-state index >= 15 is 0 Å². The number of hydrogen-bond donors (Lipinski definition) is 1. The highest BCUT2D eigenvalue weighted by Crippen LogP contribution is 2.26. The van der Waals surface area contributed by atoms with Crippen molar-refractivity contribution in [3.63, 3.8) is 0 Å². The van der Waals surface area contributed by atoms with E-state index in [1.165, 1.54) is 4.90 Å². The van der Waals surface area contributed by atoms with E-state index in [0.29, 0.717) is 38.8 Å². The molecule has 1 aliphatic rings. The molecule has 1 aromatic carbocycles. The lowest BCUT2D eigenvalue weighted by atomic mass is 10.1. The van der Waals surface area contributed by atoms with Gasteiger partial charge in [-0.25, -0.2) is 4.39 Å². The molecule has 1 fully saturated rings. The number of anilines is 1. The van der Waals surface area contributed by atoms with Crippen LogP contribution in [0.1, 0.15) is 16.8 Å². The Labute approximate surface area is 114 Å². The highest BCUT2D eigenvalue weighted by Gasteiger charge is 2.27. The van der Waals surface area contributed by atoms with Crippen molar-refractivity contribution in [2.24, 2.45) is 0 Å². The van der Waals surface area contributed by atoms with Crippen LogP contribution in [0.25, 0.3) is 0 Å². The summed E-state index contributed by atoms with van der Waals surface area (Å²) in [4.78, 5) is 23.9. The molecule has 8 heteroatoms. The van der Waals surface area contributed by atoms with Gasteiger partial charge in [-0.15, -0.1) is 0 Å². The van der Waals surface area contributed by atoms with Gasteiger partial charge < -0.3 is 15.4 Å². The van der Waals surface area contributed by atoms with Gasteiger partial charge in [-0.3, -0.25) is 14.9 Å². The lowest BCUT2D eigenvalue weighted by Crippen LogP contribution is -2.33. The van der Waals surface area contributed by atoms with Crippen molar-refractivity contribution >= 4 is 17.3 Å². The number of nitro benzene ring substituents is 1. The Kier molecular flexibility index (Phi) is 4.14. The second-order valence-electron chi connectivity index (χ2n) is 4.41. The second-order valence-corrected chi connectivity index (χ2v) is 4.41. The summed E-state index contributed by atoms with van der Waals surface area (Å²) < 4.78 is 18.5. The molecule has 1 aromatic rings. The monoisotopic (exact) mass is 283 g/mol. The van der Waals surface area contributed by atoms with Crippen LogP contribution in [0.15, 0.2) is 12.1 Å². The van der Waals surface area contributed by atoms with Crippen molar-refractivity contribution in [2.75, 3.05) is 32.0 Å². The molecular formula is C12H14FN3O4. The molecule has 0 spiro atoms. The maximum absolute atomic E-state index is 13.3. The van der Waals surface area contributed by atoms with Gasteiger partial charge in [0.25, 0.3) is 11.6 Å². The van der Waals surface area contributed by atoms with Gasteiger partial charge in [-0.2, -0.15) is 0 Å². The van der Waals surface area contributed by atoms with Gasteiger partial charge in [-0.05, 0) is 12.5 Å². The number of carbonyl (C=O) groups excluding carboxylic acids is 1. The number of hydrogen-bond acceptors (Lipinski definition) is 5. The minimum atomic E-state index is -0.910. The first-order valence-corrected chi connectivity index (χ1v) is 6.11. The minimum Gasteiger partial charge on any atom is -0.396 e. The molecule has 20 heavy (non-hydrogen) atoms. The first kappa shape index (κ1) is 14.2. The smallest absolute Gasteiger partial charge is 0.285 e. The molecule has 2 N–H and O–H groups in total. The van der Waals surface area contributed by atoms with Crippen LogP contribution in [0.5, 0.6) is 0 Å². The number of nitrogens with two attached hydrogens (primary N) is 1. The molecule has 0 saturated carbocycles. The van der Waals surface area contributed by atoms with E-state index in [4.69, 9.17) is 10.5 Å². The van der Waals surface area contributed by atoms with Gasteiger partial charge in [0.05, 0.1) is 23.3 Å². The molecule has 1 amide bonds. The van der Waals surface area contributed by atoms with Crippen LogP contribution >= 0.6 is 0 Å². The molecule has 0 aromatic heterocycles. The summed E-state index contributed by atoms with van der Waals surface area (Å²) in [5, 5.41) is 10.9. The van der Waals surface area contributed by atoms with Crippen LogP contribution < -0.4 is 5.73 Å². The normalized spacial score (nSPS) is 15.8. The maximum atomic E-state index is 13.3. The molecule has 2 rings (SSSR count). The average molecular weight is 283 g/mol. The third-order valence-electron chi connectivity index (χ3n) is 3.05. The van der Waals surface area contributed by atoms with Crippen molar-refractivity contribution in [3.8, 4) is 0 Å². The van der Waals surface area contributed by atoms with Crippen LogP contribution in [-0.2, 0) is 4.74 Å². The number of halogens is 1. The van der Waals surface area contributed by atoms with Crippen LogP contribution in [0.4, 0.5) is 15.8 Å². The zero-order valence-electron chi connectivity index (χ0n) is 10.7.